The molecule has 128 valence electrons. The van der Waals surface area contributed by atoms with Crippen molar-refractivity contribution >= 4 is 29.3 Å². The summed E-state index contributed by atoms with van der Waals surface area (Å²) in [7, 11) is 0. The van der Waals surface area contributed by atoms with Crippen molar-refractivity contribution in [1.82, 2.24) is 0 Å². The molecule has 2 amide bonds. The topological polar surface area (TPSA) is 49.4 Å². The first-order valence-corrected chi connectivity index (χ1v) is 8.50. The first-order chi connectivity index (χ1) is 12.0. The minimum Gasteiger partial charge on any atom is -0.322 e. The van der Waals surface area contributed by atoms with Crippen molar-refractivity contribution in [2.75, 3.05) is 16.8 Å². The molecule has 1 heterocycles. The Morgan fingerprint density at radius 3 is 2.72 bits per heavy atom. The smallest absolute Gasteiger partial charge is 0.248 e. The fraction of sp³-hybridized carbons (Fsp3) is 0.238. The van der Waals surface area contributed by atoms with Crippen molar-refractivity contribution in [2.24, 2.45) is 0 Å². The normalized spacial score (nSPS) is 14.3. The van der Waals surface area contributed by atoms with Gasteiger partial charge in [-0.3, -0.25) is 9.59 Å². The van der Waals surface area contributed by atoms with E-state index in [0.29, 0.717) is 12.1 Å². The molecule has 0 spiro atoms. The molecule has 1 fully saturated rings. The average Bonchev–Trinajstić information content (AvgIpc) is 3.00. The highest BCUT2D eigenvalue weighted by Gasteiger charge is 2.21. The minimum absolute atomic E-state index is 0.137. The summed E-state index contributed by atoms with van der Waals surface area (Å²) in [6.07, 6.45) is 4.83. The van der Waals surface area contributed by atoms with Gasteiger partial charge in [-0.15, -0.1) is 0 Å². The van der Waals surface area contributed by atoms with E-state index in [1.54, 1.807) is 4.90 Å². The van der Waals surface area contributed by atoms with Crippen LogP contribution < -0.4 is 10.2 Å². The van der Waals surface area contributed by atoms with E-state index < -0.39 is 0 Å². The second-order valence-electron chi connectivity index (χ2n) is 6.38. The Bertz CT molecular complexity index is 840. The van der Waals surface area contributed by atoms with E-state index in [1.807, 2.05) is 56.3 Å². The molecule has 1 N–H and O–H groups in total. The van der Waals surface area contributed by atoms with Crippen LogP contribution in [0.25, 0.3) is 6.08 Å². The van der Waals surface area contributed by atoms with Crippen LogP contribution in [0.15, 0.2) is 48.5 Å². The third-order valence-electron chi connectivity index (χ3n) is 4.34. The monoisotopic (exact) mass is 334 g/mol. The van der Waals surface area contributed by atoms with Crippen molar-refractivity contribution in [3.05, 3.63) is 65.2 Å². The largest absolute Gasteiger partial charge is 0.322 e. The van der Waals surface area contributed by atoms with Crippen LogP contribution in [-0.4, -0.2) is 18.4 Å². The number of rotatable bonds is 4. The van der Waals surface area contributed by atoms with Crippen LogP contribution in [0.3, 0.4) is 0 Å². The Kier molecular flexibility index (Phi) is 4.98. The van der Waals surface area contributed by atoms with Gasteiger partial charge in [0, 0.05) is 30.4 Å². The van der Waals surface area contributed by atoms with Crippen LogP contribution in [0.1, 0.15) is 29.5 Å². The molecule has 0 radical (unpaired) electrons. The van der Waals surface area contributed by atoms with Gasteiger partial charge in [0.1, 0.15) is 0 Å². The molecule has 25 heavy (non-hydrogen) atoms. The number of hydrogen-bond acceptors (Lipinski definition) is 2. The van der Waals surface area contributed by atoms with Crippen LogP contribution in [-0.2, 0) is 9.59 Å². The second kappa shape index (κ2) is 7.34. The van der Waals surface area contributed by atoms with Crippen LogP contribution in [0.2, 0.25) is 0 Å². The molecular formula is C21H22N2O2. The van der Waals surface area contributed by atoms with E-state index >= 15 is 0 Å². The summed E-state index contributed by atoms with van der Waals surface area (Å²) < 4.78 is 0. The lowest BCUT2D eigenvalue weighted by Crippen LogP contribution is -2.23. The molecule has 3 rings (SSSR count). The Labute approximate surface area is 148 Å². The van der Waals surface area contributed by atoms with Gasteiger partial charge >= 0.3 is 0 Å². The number of carbonyl (C=O) groups excluding carboxylic acids is 2. The number of nitrogens with one attached hydrogen (secondary N) is 1. The summed E-state index contributed by atoms with van der Waals surface area (Å²) in [5.74, 6) is -0.0527. The van der Waals surface area contributed by atoms with Gasteiger partial charge in [-0.25, -0.2) is 0 Å². The molecule has 2 aromatic carbocycles. The molecule has 1 saturated heterocycles. The molecule has 0 bridgehead atoms. The number of aryl methyl sites for hydroxylation is 2. The van der Waals surface area contributed by atoms with E-state index in [1.165, 1.54) is 11.6 Å². The zero-order chi connectivity index (χ0) is 17.8. The predicted octanol–water partition coefficient (Wildman–Crippen LogP) is 4.08. The van der Waals surface area contributed by atoms with E-state index in [2.05, 4.69) is 11.4 Å². The van der Waals surface area contributed by atoms with Gasteiger partial charge in [0.2, 0.25) is 11.8 Å². The second-order valence-corrected chi connectivity index (χ2v) is 6.38. The summed E-state index contributed by atoms with van der Waals surface area (Å²) in [6, 6.07) is 13.5. The molecule has 2 aromatic rings. The number of benzene rings is 2. The van der Waals surface area contributed by atoms with Gasteiger partial charge in [0.05, 0.1) is 0 Å². The fourth-order valence-electron chi connectivity index (χ4n) is 3.03. The quantitative estimate of drug-likeness (QED) is 0.857. The average molecular weight is 334 g/mol. The van der Waals surface area contributed by atoms with Crippen LogP contribution in [0.4, 0.5) is 11.4 Å². The Morgan fingerprint density at radius 2 is 2.00 bits per heavy atom. The van der Waals surface area contributed by atoms with Crippen LogP contribution in [0.5, 0.6) is 0 Å². The maximum Gasteiger partial charge on any atom is 0.248 e. The Balaban J connectivity index is 1.68. The van der Waals surface area contributed by atoms with Gasteiger partial charge in [-0.05, 0) is 55.7 Å². The first-order valence-electron chi connectivity index (χ1n) is 8.50. The van der Waals surface area contributed by atoms with Crippen LogP contribution >= 0.6 is 0 Å². The van der Waals surface area contributed by atoms with Gasteiger partial charge in [0.25, 0.3) is 0 Å². The van der Waals surface area contributed by atoms with Gasteiger partial charge in [0.15, 0.2) is 0 Å². The van der Waals surface area contributed by atoms with E-state index in [4.69, 9.17) is 0 Å². The summed E-state index contributed by atoms with van der Waals surface area (Å²) in [6.45, 7) is 4.81. The number of amides is 2. The maximum atomic E-state index is 12.2. The summed E-state index contributed by atoms with van der Waals surface area (Å²) in [4.78, 5) is 25.8. The predicted molar refractivity (Wildman–Crippen MR) is 102 cm³/mol. The van der Waals surface area contributed by atoms with Crippen molar-refractivity contribution in [2.45, 2.75) is 26.7 Å². The highest BCUT2D eigenvalue weighted by molar-refractivity contribution is 6.03. The standard InChI is InChI=1S/C21H22N2O2/c1-15-8-9-17(16(2)13-15)10-11-20(24)22-18-5-3-6-19(14-18)23-12-4-7-21(23)25/h3,5-6,8-11,13-14H,4,7,12H2,1-2H3,(H,22,24)/b11-10+. The van der Waals surface area contributed by atoms with E-state index in [9.17, 15) is 9.59 Å². The molecule has 0 aliphatic carbocycles. The van der Waals surface area contributed by atoms with Crippen molar-refractivity contribution in [3.8, 4) is 0 Å². The SMILES string of the molecule is Cc1ccc(/C=C/C(=O)Nc2cccc(N3CCCC3=O)c2)c(C)c1. The zero-order valence-corrected chi connectivity index (χ0v) is 14.6. The van der Waals surface area contributed by atoms with Gasteiger partial charge in [-0.2, -0.15) is 0 Å². The Hall–Kier alpha value is -2.88. The van der Waals surface area contributed by atoms with Gasteiger partial charge in [-0.1, -0.05) is 29.8 Å². The van der Waals surface area contributed by atoms with Crippen molar-refractivity contribution < 1.29 is 9.59 Å². The number of nitrogens with zero attached hydrogens (tertiary/aromatic N) is 1. The molecule has 4 nitrogen and oxygen atoms in total. The van der Waals surface area contributed by atoms with Crippen molar-refractivity contribution in [1.29, 1.82) is 0 Å². The summed E-state index contributed by atoms with van der Waals surface area (Å²) >= 11 is 0. The third-order valence-corrected chi connectivity index (χ3v) is 4.34. The Morgan fingerprint density at radius 1 is 1.16 bits per heavy atom. The highest BCUT2D eigenvalue weighted by atomic mass is 16.2. The highest BCUT2D eigenvalue weighted by Crippen LogP contribution is 2.24. The minimum atomic E-state index is -0.190. The molecule has 0 saturated carbocycles. The fourth-order valence-corrected chi connectivity index (χ4v) is 3.03. The lowest BCUT2D eigenvalue weighted by molar-refractivity contribution is -0.117. The lowest BCUT2D eigenvalue weighted by Gasteiger charge is -2.16. The molecule has 1 aliphatic heterocycles. The van der Waals surface area contributed by atoms with E-state index in [-0.39, 0.29) is 11.8 Å². The number of hydrogen-bond donors (Lipinski definition) is 1. The van der Waals surface area contributed by atoms with Crippen molar-refractivity contribution in [3.63, 3.8) is 0 Å². The van der Waals surface area contributed by atoms with Gasteiger partial charge < -0.3 is 10.2 Å². The summed E-state index contributed by atoms with van der Waals surface area (Å²) in [5.41, 5.74) is 4.88. The first kappa shape index (κ1) is 17.0. The molecular weight excluding hydrogens is 312 g/mol. The third kappa shape index (κ3) is 4.15. The maximum absolute atomic E-state index is 12.2. The summed E-state index contributed by atoms with van der Waals surface area (Å²) in [5, 5.41) is 2.86. The molecule has 0 unspecified atom stereocenters. The zero-order valence-electron chi connectivity index (χ0n) is 14.6. The lowest BCUT2D eigenvalue weighted by atomic mass is 10.1. The molecule has 0 atom stereocenters. The number of anilines is 2. The molecule has 4 heteroatoms. The number of carbonyl (C=O) groups is 2. The van der Waals surface area contributed by atoms with E-state index in [0.717, 1.165) is 29.8 Å². The molecule has 1 aliphatic rings. The molecule has 0 aromatic heterocycles. The van der Waals surface area contributed by atoms with Crippen LogP contribution in [0, 0.1) is 13.8 Å².